The molecule has 0 fully saturated rings. The average Bonchev–Trinajstić information content (AvgIpc) is 2.66. The Morgan fingerprint density at radius 3 is 2.62 bits per heavy atom. The van der Waals surface area contributed by atoms with Crippen LogP contribution in [-0.2, 0) is 6.54 Å². The highest BCUT2D eigenvalue weighted by Gasteiger charge is 2.22. The zero-order valence-electron chi connectivity index (χ0n) is 10.3. The standard InChI is InChI=1S/C12H19NO3/c1-5-12(2,3)13(4)7-10-6-9(8-16-10)11(14)15/h6,8H,5,7H2,1-4H3,(H,14,15). The van der Waals surface area contributed by atoms with Crippen molar-refractivity contribution in [3.8, 4) is 0 Å². The molecular formula is C12H19NO3. The van der Waals surface area contributed by atoms with E-state index in [-0.39, 0.29) is 11.1 Å². The van der Waals surface area contributed by atoms with Crippen LogP contribution in [0.2, 0.25) is 0 Å². The summed E-state index contributed by atoms with van der Waals surface area (Å²) in [6.07, 6.45) is 2.31. The molecule has 1 aromatic rings. The van der Waals surface area contributed by atoms with E-state index in [9.17, 15) is 4.79 Å². The second kappa shape index (κ2) is 4.70. The van der Waals surface area contributed by atoms with E-state index in [1.54, 1.807) is 6.07 Å². The van der Waals surface area contributed by atoms with E-state index in [1.165, 1.54) is 6.26 Å². The van der Waals surface area contributed by atoms with Crippen molar-refractivity contribution >= 4 is 5.97 Å². The van der Waals surface area contributed by atoms with Crippen LogP contribution in [0.3, 0.4) is 0 Å². The normalized spacial score (nSPS) is 12.1. The Morgan fingerprint density at radius 2 is 2.19 bits per heavy atom. The predicted octanol–water partition coefficient (Wildman–Crippen LogP) is 2.60. The fourth-order valence-corrected chi connectivity index (χ4v) is 1.29. The van der Waals surface area contributed by atoms with Crippen molar-refractivity contribution < 1.29 is 14.3 Å². The van der Waals surface area contributed by atoms with Crippen LogP contribution in [0, 0.1) is 0 Å². The van der Waals surface area contributed by atoms with Crippen molar-refractivity contribution in [2.45, 2.75) is 39.3 Å². The van der Waals surface area contributed by atoms with Crippen LogP contribution >= 0.6 is 0 Å². The molecule has 1 heterocycles. The van der Waals surface area contributed by atoms with Crippen LogP contribution in [0.1, 0.15) is 43.3 Å². The fraction of sp³-hybridized carbons (Fsp3) is 0.583. The van der Waals surface area contributed by atoms with Gasteiger partial charge in [0.15, 0.2) is 0 Å². The van der Waals surface area contributed by atoms with Crippen molar-refractivity contribution in [3.63, 3.8) is 0 Å². The summed E-state index contributed by atoms with van der Waals surface area (Å²) in [4.78, 5) is 12.8. The van der Waals surface area contributed by atoms with Crippen molar-refractivity contribution in [1.82, 2.24) is 4.90 Å². The van der Waals surface area contributed by atoms with Gasteiger partial charge >= 0.3 is 5.97 Å². The van der Waals surface area contributed by atoms with Gasteiger partial charge in [0.2, 0.25) is 0 Å². The van der Waals surface area contributed by atoms with Crippen LogP contribution in [0.5, 0.6) is 0 Å². The lowest BCUT2D eigenvalue weighted by Gasteiger charge is -2.34. The molecule has 1 N–H and O–H groups in total. The maximum atomic E-state index is 10.7. The summed E-state index contributed by atoms with van der Waals surface area (Å²) < 4.78 is 5.21. The van der Waals surface area contributed by atoms with Crippen molar-refractivity contribution in [2.24, 2.45) is 0 Å². The quantitative estimate of drug-likeness (QED) is 0.836. The molecule has 4 heteroatoms. The molecule has 0 aliphatic rings. The number of hydrogen-bond acceptors (Lipinski definition) is 3. The Hall–Kier alpha value is -1.29. The first-order chi connectivity index (χ1) is 7.36. The van der Waals surface area contributed by atoms with Gasteiger partial charge < -0.3 is 9.52 Å². The molecule has 0 unspecified atom stereocenters. The van der Waals surface area contributed by atoms with E-state index in [0.717, 1.165) is 6.42 Å². The lowest BCUT2D eigenvalue weighted by Crippen LogP contribution is -2.39. The molecule has 0 saturated heterocycles. The Morgan fingerprint density at radius 1 is 1.56 bits per heavy atom. The highest BCUT2D eigenvalue weighted by molar-refractivity contribution is 5.87. The van der Waals surface area contributed by atoms with Crippen LogP contribution in [0.4, 0.5) is 0 Å². The van der Waals surface area contributed by atoms with Gasteiger partial charge in [0.05, 0.1) is 12.1 Å². The number of carboxylic acids is 1. The molecule has 0 bridgehead atoms. The van der Waals surface area contributed by atoms with Gasteiger partial charge in [0.25, 0.3) is 0 Å². The highest BCUT2D eigenvalue weighted by Crippen LogP contribution is 2.20. The molecule has 0 radical (unpaired) electrons. The summed E-state index contributed by atoms with van der Waals surface area (Å²) in [5, 5.41) is 8.76. The van der Waals surface area contributed by atoms with Crippen molar-refractivity contribution in [3.05, 3.63) is 23.7 Å². The molecular weight excluding hydrogens is 206 g/mol. The molecule has 1 aromatic heterocycles. The van der Waals surface area contributed by atoms with Crippen LogP contribution in [0.15, 0.2) is 16.7 Å². The van der Waals surface area contributed by atoms with E-state index in [1.807, 2.05) is 7.05 Å². The molecule has 90 valence electrons. The second-order valence-corrected chi connectivity index (χ2v) is 4.63. The van der Waals surface area contributed by atoms with Gasteiger partial charge in [-0.25, -0.2) is 4.79 Å². The SMILES string of the molecule is CCC(C)(C)N(C)Cc1cc(C(=O)O)co1. The highest BCUT2D eigenvalue weighted by atomic mass is 16.4. The largest absolute Gasteiger partial charge is 0.478 e. The molecule has 0 aliphatic heterocycles. The van der Waals surface area contributed by atoms with Crippen molar-refractivity contribution in [2.75, 3.05) is 7.05 Å². The zero-order valence-corrected chi connectivity index (χ0v) is 10.3. The Bertz CT molecular complexity index is 368. The summed E-state index contributed by atoms with van der Waals surface area (Å²) in [5.41, 5.74) is 0.286. The van der Waals surface area contributed by atoms with Crippen LogP contribution in [-0.4, -0.2) is 28.6 Å². The van der Waals surface area contributed by atoms with Gasteiger partial charge in [0, 0.05) is 5.54 Å². The molecule has 0 aromatic carbocycles. The molecule has 0 spiro atoms. The van der Waals surface area contributed by atoms with Crippen molar-refractivity contribution in [1.29, 1.82) is 0 Å². The first-order valence-corrected chi connectivity index (χ1v) is 5.38. The molecule has 0 saturated carbocycles. The molecule has 0 amide bonds. The summed E-state index contributed by atoms with van der Waals surface area (Å²) in [6, 6.07) is 1.57. The molecule has 4 nitrogen and oxygen atoms in total. The minimum absolute atomic E-state index is 0.0795. The number of carbonyl (C=O) groups is 1. The minimum Gasteiger partial charge on any atom is -0.478 e. The fourth-order valence-electron chi connectivity index (χ4n) is 1.29. The zero-order chi connectivity index (χ0) is 12.3. The van der Waals surface area contributed by atoms with E-state index in [4.69, 9.17) is 9.52 Å². The third-order valence-corrected chi connectivity index (χ3v) is 3.19. The second-order valence-electron chi connectivity index (χ2n) is 4.63. The van der Waals surface area contributed by atoms with Gasteiger partial charge in [-0.2, -0.15) is 0 Å². The van der Waals surface area contributed by atoms with Gasteiger partial charge in [-0.15, -0.1) is 0 Å². The lowest BCUT2D eigenvalue weighted by molar-refractivity contribution is 0.0696. The smallest absolute Gasteiger partial charge is 0.338 e. The third-order valence-electron chi connectivity index (χ3n) is 3.19. The molecule has 0 atom stereocenters. The van der Waals surface area contributed by atoms with E-state index in [0.29, 0.717) is 12.3 Å². The Balaban J connectivity index is 2.70. The average molecular weight is 225 g/mol. The lowest BCUT2D eigenvalue weighted by atomic mass is 10.00. The van der Waals surface area contributed by atoms with Gasteiger partial charge in [-0.1, -0.05) is 6.92 Å². The topological polar surface area (TPSA) is 53.7 Å². The first-order valence-electron chi connectivity index (χ1n) is 5.38. The monoisotopic (exact) mass is 225 g/mol. The molecule has 0 aliphatic carbocycles. The van der Waals surface area contributed by atoms with E-state index < -0.39 is 5.97 Å². The number of furan rings is 1. The number of hydrogen-bond donors (Lipinski definition) is 1. The summed E-state index contributed by atoms with van der Waals surface area (Å²) in [6.45, 7) is 7.04. The van der Waals surface area contributed by atoms with Gasteiger partial charge in [-0.3, -0.25) is 4.90 Å². The van der Waals surface area contributed by atoms with Crippen LogP contribution < -0.4 is 0 Å². The maximum absolute atomic E-state index is 10.7. The first kappa shape index (κ1) is 12.8. The van der Waals surface area contributed by atoms with E-state index in [2.05, 4.69) is 25.7 Å². The molecule has 1 rings (SSSR count). The predicted molar refractivity (Wildman–Crippen MR) is 61.5 cm³/mol. The number of rotatable bonds is 5. The maximum Gasteiger partial charge on any atom is 0.338 e. The Labute approximate surface area is 95.9 Å². The number of nitrogens with zero attached hydrogens (tertiary/aromatic N) is 1. The summed E-state index contributed by atoms with van der Waals surface area (Å²) in [7, 11) is 2.01. The molecule has 16 heavy (non-hydrogen) atoms. The Kier molecular flexibility index (Phi) is 3.75. The number of carboxylic acid groups (broad SMARTS) is 1. The van der Waals surface area contributed by atoms with Gasteiger partial charge in [-0.05, 0) is 33.4 Å². The summed E-state index contributed by atoms with van der Waals surface area (Å²) in [5.74, 6) is -0.270. The van der Waals surface area contributed by atoms with E-state index >= 15 is 0 Å². The van der Waals surface area contributed by atoms with Crippen LogP contribution in [0.25, 0.3) is 0 Å². The minimum atomic E-state index is -0.951. The number of aromatic carboxylic acids is 1. The third kappa shape index (κ3) is 2.85. The summed E-state index contributed by atoms with van der Waals surface area (Å²) >= 11 is 0. The van der Waals surface area contributed by atoms with Gasteiger partial charge in [0.1, 0.15) is 12.0 Å².